The number of rotatable bonds is 1. The van der Waals surface area contributed by atoms with Gasteiger partial charge in [0.15, 0.2) is 0 Å². The van der Waals surface area contributed by atoms with Crippen LogP contribution in [0.1, 0.15) is 17.7 Å². The minimum atomic E-state index is -0.0217. The molecule has 3 nitrogen and oxygen atoms in total. The molecule has 1 unspecified atom stereocenters. The maximum atomic E-state index is 12.3. The first-order valence-electron chi connectivity index (χ1n) is 7.94. The third-order valence-electron chi connectivity index (χ3n) is 4.23. The van der Waals surface area contributed by atoms with Gasteiger partial charge in [-0.1, -0.05) is 30.0 Å². The summed E-state index contributed by atoms with van der Waals surface area (Å²) in [7, 11) is 0. The lowest BCUT2D eigenvalue weighted by Crippen LogP contribution is -2.13. The number of allylic oxidation sites excluding steroid dienone is 4. The molecule has 1 saturated heterocycles. The third-order valence-corrected chi connectivity index (χ3v) is 4.23. The van der Waals surface area contributed by atoms with Gasteiger partial charge in [-0.2, -0.15) is 0 Å². The molecule has 0 saturated carbocycles. The lowest BCUT2D eigenvalue weighted by molar-refractivity contribution is -0.115. The number of nitrogens with one attached hydrogen (secondary N) is 2. The molecular weight excluding hydrogens is 296 g/mol. The van der Waals surface area contributed by atoms with E-state index in [0.29, 0.717) is 0 Å². The van der Waals surface area contributed by atoms with Crippen LogP contribution in [0, 0.1) is 17.8 Å². The largest absolute Gasteiger partial charge is 0.362 e. The van der Waals surface area contributed by atoms with Gasteiger partial charge in [0, 0.05) is 40.2 Å². The van der Waals surface area contributed by atoms with E-state index in [9.17, 15) is 4.79 Å². The van der Waals surface area contributed by atoms with Crippen LogP contribution in [-0.2, 0) is 4.79 Å². The van der Waals surface area contributed by atoms with Gasteiger partial charge in [-0.3, -0.25) is 4.79 Å². The Hall–Kier alpha value is -3.25. The van der Waals surface area contributed by atoms with Crippen LogP contribution in [0.2, 0.25) is 0 Å². The molecule has 1 aromatic heterocycles. The molecule has 0 spiro atoms. The Bertz CT molecular complexity index is 919. The average Bonchev–Trinajstić information content (AvgIpc) is 3.23. The molecule has 116 valence electrons. The monoisotopic (exact) mass is 312 g/mol. The lowest BCUT2D eigenvalue weighted by Gasteiger charge is -2.15. The molecule has 0 radical (unpaired) electrons. The van der Waals surface area contributed by atoms with E-state index in [-0.39, 0.29) is 11.8 Å². The van der Waals surface area contributed by atoms with E-state index in [4.69, 9.17) is 0 Å². The number of amides is 1. The van der Waals surface area contributed by atoms with Crippen molar-refractivity contribution in [1.29, 1.82) is 0 Å². The summed E-state index contributed by atoms with van der Waals surface area (Å²) in [5, 5.41) is 2.96. The van der Waals surface area contributed by atoms with Crippen LogP contribution in [0.3, 0.4) is 0 Å². The normalized spacial score (nSPS) is 20.6. The van der Waals surface area contributed by atoms with Gasteiger partial charge in [-0.15, -0.1) is 0 Å². The molecule has 2 aromatic rings. The minimum Gasteiger partial charge on any atom is -0.362 e. The van der Waals surface area contributed by atoms with Crippen molar-refractivity contribution in [2.45, 2.75) is 6.42 Å². The fraction of sp³-hybridized carbons (Fsp3) is 0.0952. The molecule has 2 aliphatic rings. The van der Waals surface area contributed by atoms with E-state index in [1.807, 2.05) is 66.9 Å². The topological polar surface area (TPSA) is 44.9 Å². The summed E-state index contributed by atoms with van der Waals surface area (Å²) in [6, 6.07) is 13.8. The maximum Gasteiger partial charge on any atom is 0.252 e. The van der Waals surface area contributed by atoms with Gasteiger partial charge < -0.3 is 10.3 Å². The molecule has 1 atom stereocenters. The molecule has 1 aromatic carbocycles. The molecule has 4 rings (SSSR count). The Kier molecular flexibility index (Phi) is 3.64. The summed E-state index contributed by atoms with van der Waals surface area (Å²) in [6.07, 6.45) is 8.50. The standard InChI is InChI=1S/C21H16N2O/c24-21-19(14-17-7-4-12-22-17)18-13-16(10-11-20(18)23-21)9-8-15-5-2-1-3-6-15/h1-7,10-12,14,18,22H,13H2,(H,23,24). The summed E-state index contributed by atoms with van der Waals surface area (Å²) < 4.78 is 0. The van der Waals surface area contributed by atoms with Crippen molar-refractivity contribution in [3.63, 3.8) is 0 Å². The molecule has 0 bridgehead atoms. The van der Waals surface area contributed by atoms with Crippen LogP contribution in [0.25, 0.3) is 6.08 Å². The second-order valence-corrected chi connectivity index (χ2v) is 5.87. The van der Waals surface area contributed by atoms with Gasteiger partial charge in [-0.25, -0.2) is 0 Å². The highest BCUT2D eigenvalue weighted by Crippen LogP contribution is 2.35. The lowest BCUT2D eigenvalue weighted by atomic mass is 9.87. The van der Waals surface area contributed by atoms with Gasteiger partial charge in [0.05, 0.1) is 0 Å². The number of carbonyl (C=O) groups is 1. The van der Waals surface area contributed by atoms with Gasteiger partial charge >= 0.3 is 0 Å². The van der Waals surface area contributed by atoms with E-state index in [1.54, 1.807) is 0 Å². The first-order valence-corrected chi connectivity index (χ1v) is 7.94. The quantitative estimate of drug-likeness (QED) is 0.615. The molecule has 24 heavy (non-hydrogen) atoms. The van der Waals surface area contributed by atoms with Crippen LogP contribution < -0.4 is 5.32 Å². The molecule has 1 aliphatic carbocycles. The Morgan fingerprint density at radius 2 is 1.92 bits per heavy atom. The van der Waals surface area contributed by atoms with Crippen molar-refractivity contribution in [3.05, 3.63) is 88.9 Å². The van der Waals surface area contributed by atoms with Crippen LogP contribution in [0.15, 0.2) is 77.7 Å². The number of hydrogen-bond donors (Lipinski definition) is 2. The van der Waals surface area contributed by atoms with Gasteiger partial charge in [0.2, 0.25) is 0 Å². The third kappa shape index (κ3) is 2.82. The fourth-order valence-corrected chi connectivity index (χ4v) is 3.01. The van der Waals surface area contributed by atoms with E-state index >= 15 is 0 Å². The van der Waals surface area contributed by atoms with Crippen molar-refractivity contribution < 1.29 is 4.79 Å². The zero-order valence-electron chi connectivity index (χ0n) is 13.0. The molecule has 1 aliphatic heterocycles. The molecule has 2 heterocycles. The first kappa shape index (κ1) is 14.3. The van der Waals surface area contributed by atoms with Gasteiger partial charge in [0.25, 0.3) is 5.91 Å². The predicted molar refractivity (Wildman–Crippen MR) is 94.5 cm³/mol. The first-order chi connectivity index (χ1) is 11.8. The second-order valence-electron chi connectivity index (χ2n) is 5.87. The molecule has 3 heteroatoms. The Morgan fingerprint density at radius 1 is 1.04 bits per heavy atom. The van der Waals surface area contributed by atoms with Crippen LogP contribution in [0.5, 0.6) is 0 Å². The summed E-state index contributed by atoms with van der Waals surface area (Å²) in [5.74, 6) is 6.46. The van der Waals surface area contributed by atoms with E-state index < -0.39 is 0 Å². The van der Waals surface area contributed by atoms with Crippen molar-refractivity contribution >= 4 is 12.0 Å². The maximum absolute atomic E-state index is 12.3. The van der Waals surface area contributed by atoms with Crippen molar-refractivity contribution in [1.82, 2.24) is 10.3 Å². The van der Waals surface area contributed by atoms with Gasteiger partial charge in [0.1, 0.15) is 0 Å². The smallest absolute Gasteiger partial charge is 0.252 e. The summed E-state index contributed by atoms with van der Waals surface area (Å²) in [4.78, 5) is 15.4. The average molecular weight is 312 g/mol. The highest BCUT2D eigenvalue weighted by Gasteiger charge is 2.34. The number of hydrogen-bond acceptors (Lipinski definition) is 1. The number of H-pyrrole nitrogens is 1. The Morgan fingerprint density at radius 3 is 2.71 bits per heavy atom. The number of aromatic amines is 1. The van der Waals surface area contributed by atoms with Crippen molar-refractivity contribution in [2.24, 2.45) is 5.92 Å². The highest BCUT2D eigenvalue weighted by molar-refractivity contribution is 6.03. The predicted octanol–water partition coefficient (Wildman–Crippen LogP) is 3.41. The SMILES string of the molecule is O=C1NC2=CC=C(C#Cc3ccccc3)CC2C1=Cc1ccc[nH]1. The Balaban J connectivity index is 1.59. The highest BCUT2D eigenvalue weighted by atomic mass is 16.2. The van der Waals surface area contributed by atoms with Crippen LogP contribution in [0.4, 0.5) is 0 Å². The second kappa shape index (κ2) is 6.10. The van der Waals surface area contributed by atoms with E-state index in [0.717, 1.165) is 34.5 Å². The van der Waals surface area contributed by atoms with Crippen molar-refractivity contribution in [3.8, 4) is 11.8 Å². The number of carbonyl (C=O) groups excluding carboxylic acids is 1. The van der Waals surface area contributed by atoms with E-state index in [1.165, 1.54) is 0 Å². The molecular formula is C21H16N2O. The van der Waals surface area contributed by atoms with Crippen LogP contribution >= 0.6 is 0 Å². The molecule has 1 amide bonds. The van der Waals surface area contributed by atoms with Crippen LogP contribution in [-0.4, -0.2) is 10.9 Å². The fourth-order valence-electron chi connectivity index (χ4n) is 3.01. The van der Waals surface area contributed by atoms with Crippen molar-refractivity contribution in [2.75, 3.05) is 0 Å². The number of aromatic nitrogens is 1. The zero-order chi connectivity index (χ0) is 16.4. The minimum absolute atomic E-state index is 0.0217. The zero-order valence-corrected chi connectivity index (χ0v) is 13.0. The molecule has 2 N–H and O–H groups in total. The Labute approximate surface area is 140 Å². The summed E-state index contributed by atoms with van der Waals surface area (Å²) >= 11 is 0. The van der Waals surface area contributed by atoms with E-state index in [2.05, 4.69) is 22.1 Å². The number of benzene rings is 1. The van der Waals surface area contributed by atoms with Gasteiger partial charge in [-0.05, 0) is 48.9 Å². The summed E-state index contributed by atoms with van der Waals surface area (Å²) in [6.45, 7) is 0. The number of fused-ring (bicyclic) bond motifs is 1. The summed E-state index contributed by atoms with van der Waals surface area (Å²) in [5.41, 5.74) is 4.73. The molecule has 1 fully saturated rings.